The maximum atomic E-state index is 10.5. The van der Waals surface area contributed by atoms with Crippen LogP contribution in [-0.2, 0) is 11.3 Å². The van der Waals surface area contributed by atoms with Gasteiger partial charge in [0, 0.05) is 17.8 Å². The van der Waals surface area contributed by atoms with Gasteiger partial charge in [-0.15, -0.1) is 0 Å². The topological polar surface area (TPSA) is 93.0 Å². The number of urea groups is 1. The molecule has 2 aromatic rings. The van der Waals surface area contributed by atoms with Gasteiger partial charge >= 0.3 is 6.03 Å². The van der Waals surface area contributed by atoms with Crippen LogP contribution in [0.2, 0.25) is 0 Å². The highest BCUT2D eigenvalue weighted by atomic mass is 16.7. The summed E-state index contributed by atoms with van der Waals surface area (Å²) >= 11 is 0. The number of H-pyrrole nitrogens is 1. The van der Waals surface area contributed by atoms with Gasteiger partial charge in [-0.2, -0.15) is 0 Å². The number of nitrogens with one attached hydrogen (secondary N) is 2. The molecule has 0 aliphatic carbocycles. The number of primary amides is 1. The number of aromatic amines is 1. The SMILES string of the molecule is NC(=O)NOCCC(Cc1ccccc1)c1cnc[nH]1. The van der Waals surface area contributed by atoms with E-state index in [-0.39, 0.29) is 5.92 Å². The minimum atomic E-state index is -0.689. The van der Waals surface area contributed by atoms with E-state index in [1.165, 1.54) is 5.56 Å². The summed E-state index contributed by atoms with van der Waals surface area (Å²) in [4.78, 5) is 22.7. The Morgan fingerprint density at radius 2 is 2.20 bits per heavy atom. The maximum absolute atomic E-state index is 10.5. The van der Waals surface area contributed by atoms with Crippen LogP contribution in [0.3, 0.4) is 0 Å². The number of nitrogens with two attached hydrogens (primary N) is 1. The zero-order valence-corrected chi connectivity index (χ0v) is 11.1. The summed E-state index contributed by atoms with van der Waals surface area (Å²) < 4.78 is 0. The van der Waals surface area contributed by atoms with Crippen molar-refractivity contribution in [3.05, 3.63) is 54.1 Å². The predicted octanol–water partition coefficient (Wildman–Crippen LogP) is 1.73. The van der Waals surface area contributed by atoms with Gasteiger partial charge in [0.2, 0.25) is 0 Å². The highest BCUT2D eigenvalue weighted by molar-refractivity contribution is 5.70. The lowest BCUT2D eigenvalue weighted by Gasteiger charge is -2.15. The number of amides is 2. The van der Waals surface area contributed by atoms with Crippen LogP contribution in [0.1, 0.15) is 23.6 Å². The number of hydrogen-bond donors (Lipinski definition) is 3. The molecule has 2 amide bonds. The molecule has 1 atom stereocenters. The summed E-state index contributed by atoms with van der Waals surface area (Å²) in [7, 11) is 0. The molecule has 1 aromatic carbocycles. The summed E-state index contributed by atoms with van der Waals surface area (Å²) in [5.41, 5.74) is 9.36. The number of benzene rings is 1. The Kier molecular flexibility index (Phi) is 5.14. The van der Waals surface area contributed by atoms with E-state index in [1.807, 2.05) is 24.4 Å². The molecule has 106 valence electrons. The van der Waals surface area contributed by atoms with Crippen LogP contribution < -0.4 is 11.2 Å². The average molecular weight is 274 g/mol. The van der Waals surface area contributed by atoms with E-state index in [0.717, 1.165) is 18.5 Å². The van der Waals surface area contributed by atoms with Crippen LogP contribution in [0.5, 0.6) is 0 Å². The molecule has 2 rings (SSSR count). The number of hydrogen-bond acceptors (Lipinski definition) is 3. The van der Waals surface area contributed by atoms with Crippen LogP contribution in [0.4, 0.5) is 4.79 Å². The zero-order valence-electron chi connectivity index (χ0n) is 11.1. The second-order valence-corrected chi connectivity index (χ2v) is 4.50. The summed E-state index contributed by atoms with van der Waals surface area (Å²) in [6.07, 6.45) is 5.10. The molecule has 0 spiro atoms. The molecule has 0 saturated heterocycles. The molecule has 1 unspecified atom stereocenters. The van der Waals surface area contributed by atoms with Crippen LogP contribution in [0.15, 0.2) is 42.9 Å². The van der Waals surface area contributed by atoms with Gasteiger partial charge in [0.15, 0.2) is 0 Å². The Hall–Kier alpha value is -2.34. The zero-order chi connectivity index (χ0) is 14.2. The molecular formula is C14H18N4O2. The lowest BCUT2D eigenvalue weighted by molar-refractivity contribution is 0.0594. The second-order valence-electron chi connectivity index (χ2n) is 4.50. The third kappa shape index (κ3) is 4.40. The average Bonchev–Trinajstić information content (AvgIpc) is 2.97. The molecular weight excluding hydrogens is 256 g/mol. The van der Waals surface area contributed by atoms with Crippen LogP contribution >= 0.6 is 0 Å². The molecule has 4 N–H and O–H groups in total. The first-order chi connectivity index (χ1) is 9.75. The maximum Gasteiger partial charge on any atom is 0.336 e. The Bertz CT molecular complexity index is 513. The van der Waals surface area contributed by atoms with Gasteiger partial charge in [0.1, 0.15) is 0 Å². The van der Waals surface area contributed by atoms with E-state index in [4.69, 9.17) is 10.6 Å². The summed E-state index contributed by atoms with van der Waals surface area (Å²) in [6, 6.07) is 9.52. The van der Waals surface area contributed by atoms with E-state index in [1.54, 1.807) is 6.33 Å². The molecule has 1 heterocycles. The lowest BCUT2D eigenvalue weighted by atomic mass is 9.94. The minimum absolute atomic E-state index is 0.245. The van der Waals surface area contributed by atoms with Gasteiger partial charge in [-0.3, -0.25) is 4.84 Å². The van der Waals surface area contributed by atoms with Crippen molar-refractivity contribution in [3.8, 4) is 0 Å². The summed E-state index contributed by atoms with van der Waals surface area (Å²) in [6.45, 7) is 0.388. The van der Waals surface area contributed by atoms with Gasteiger partial charge < -0.3 is 10.7 Å². The van der Waals surface area contributed by atoms with E-state index < -0.39 is 6.03 Å². The third-order valence-electron chi connectivity index (χ3n) is 3.03. The lowest BCUT2D eigenvalue weighted by Crippen LogP contribution is -2.30. The van der Waals surface area contributed by atoms with E-state index in [2.05, 4.69) is 27.6 Å². The van der Waals surface area contributed by atoms with Gasteiger partial charge in [-0.05, 0) is 18.4 Å². The van der Waals surface area contributed by atoms with Crippen LogP contribution in [-0.4, -0.2) is 22.6 Å². The van der Waals surface area contributed by atoms with Crippen molar-refractivity contribution in [2.75, 3.05) is 6.61 Å². The van der Waals surface area contributed by atoms with Gasteiger partial charge in [-0.25, -0.2) is 15.3 Å². The van der Waals surface area contributed by atoms with E-state index in [0.29, 0.717) is 6.61 Å². The van der Waals surface area contributed by atoms with Crippen molar-refractivity contribution in [2.45, 2.75) is 18.8 Å². The molecule has 6 heteroatoms. The molecule has 20 heavy (non-hydrogen) atoms. The molecule has 1 aromatic heterocycles. The number of rotatable bonds is 7. The second kappa shape index (κ2) is 7.30. The molecule has 0 aliphatic rings. The highest BCUT2D eigenvalue weighted by Gasteiger charge is 2.14. The van der Waals surface area contributed by atoms with Crippen molar-refractivity contribution in [1.82, 2.24) is 15.4 Å². The van der Waals surface area contributed by atoms with Gasteiger partial charge in [-0.1, -0.05) is 30.3 Å². The summed E-state index contributed by atoms with van der Waals surface area (Å²) in [5.74, 6) is 0.245. The molecule has 0 bridgehead atoms. The molecule has 0 aliphatic heterocycles. The van der Waals surface area contributed by atoms with Crippen LogP contribution in [0, 0.1) is 0 Å². The van der Waals surface area contributed by atoms with Crippen molar-refractivity contribution < 1.29 is 9.63 Å². The number of carbonyl (C=O) groups is 1. The largest absolute Gasteiger partial charge is 0.350 e. The standard InChI is InChI=1S/C14H18N4O2/c15-14(19)18-20-7-6-12(13-9-16-10-17-13)8-11-4-2-1-3-5-11/h1-5,9-10,12H,6-8H2,(H,16,17)(H3,15,18,19). The molecule has 0 radical (unpaired) electrons. The number of imidazole rings is 1. The van der Waals surface area contributed by atoms with Crippen LogP contribution in [0.25, 0.3) is 0 Å². The fourth-order valence-electron chi connectivity index (χ4n) is 2.08. The Morgan fingerprint density at radius 3 is 2.85 bits per heavy atom. The summed E-state index contributed by atoms with van der Waals surface area (Å²) in [5, 5.41) is 0. The fraction of sp³-hybridized carbons (Fsp3) is 0.286. The van der Waals surface area contributed by atoms with Gasteiger partial charge in [0.25, 0.3) is 0 Å². The monoisotopic (exact) mass is 274 g/mol. The Morgan fingerprint density at radius 1 is 1.40 bits per heavy atom. The minimum Gasteiger partial charge on any atom is -0.350 e. The van der Waals surface area contributed by atoms with Crippen molar-refractivity contribution in [3.63, 3.8) is 0 Å². The number of aromatic nitrogens is 2. The fourth-order valence-corrected chi connectivity index (χ4v) is 2.08. The third-order valence-corrected chi connectivity index (χ3v) is 3.03. The first-order valence-corrected chi connectivity index (χ1v) is 6.45. The van der Waals surface area contributed by atoms with Gasteiger partial charge in [0.05, 0.1) is 12.9 Å². The first-order valence-electron chi connectivity index (χ1n) is 6.45. The van der Waals surface area contributed by atoms with Crippen molar-refractivity contribution in [2.24, 2.45) is 5.73 Å². The quantitative estimate of drug-likeness (QED) is 0.530. The Labute approximate surface area is 117 Å². The molecule has 0 fully saturated rings. The molecule has 0 saturated carbocycles. The van der Waals surface area contributed by atoms with E-state index >= 15 is 0 Å². The number of hydroxylamine groups is 1. The Balaban J connectivity index is 1.93. The van der Waals surface area contributed by atoms with Crippen molar-refractivity contribution >= 4 is 6.03 Å². The predicted molar refractivity (Wildman–Crippen MR) is 74.8 cm³/mol. The smallest absolute Gasteiger partial charge is 0.336 e. The highest BCUT2D eigenvalue weighted by Crippen LogP contribution is 2.22. The van der Waals surface area contributed by atoms with Crippen molar-refractivity contribution in [1.29, 1.82) is 0 Å². The first kappa shape index (κ1) is 14.1. The number of nitrogens with zero attached hydrogens (tertiary/aromatic N) is 1. The van der Waals surface area contributed by atoms with E-state index in [9.17, 15) is 4.79 Å². The molecule has 6 nitrogen and oxygen atoms in total. The number of carbonyl (C=O) groups excluding carboxylic acids is 1. The normalized spacial score (nSPS) is 12.0.